The largest absolute Gasteiger partial charge is 0.378 e. The van der Waals surface area contributed by atoms with Gasteiger partial charge in [0.2, 0.25) is 0 Å². The summed E-state index contributed by atoms with van der Waals surface area (Å²) in [6.07, 6.45) is 0. The highest BCUT2D eigenvalue weighted by molar-refractivity contribution is 14.1. The third-order valence-corrected chi connectivity index (χ3v) is 5.66. The lowest BCUT2D eigenvalue weighted by atomic mass is 10.2. The van der Waals surface area contributed by atoms with E-state index in [0.717, 1.165) is 40.1 Å². The Hall–Kier alpha value is -1.71. The van der Waals surface area contributed by atoms with E-state index < -0.39 is 0 Å². The number of carbonyl (C=O) groups is 1. The number of thiazole rings is 1. The first kappa shape index (κ1) is 16.7. The minimum absolute atomic E-state index is 0.133. The first-order valence-electron chi connectivity index (χ1n) is 7.99. The summed E-state index contributed by atoms with van der Waals surface area (Å²) in [6, 6.07) is 13.7. The highest BCUT2D eigenvalue weighted by Gasteiger charge is 2.14. The van der Waals surface area contributed by atoms with E-state index in [2.05, 4.69) is 49.9 Å². The fourth-order valence-electron chi connectivity index (χ4n) is 2.78. The molecule has 0 aliphatic carbocycles. The summed E-state index contributed by atoms with van der Waals surface area (Å²) in [6.45, 7) is 3.33. The van der Waals surface area contributed by atoms with E-state index in [0.29, 0.717) is 10.7 Å². The van der Waals surface area contributed by atoms with Gasteiger partial charge in [-0.2, -0.15) is 0 Å². The van der Waals surface area contributed by atoms with Crippen LogP contribution in [0.25, 0.3) is 10.2 Å². The number of hydrogen-bond donors (Lipinski definition) is 1. The Balaban J connectivity index is 1.55. The van der Waals surface area contributed by atoms with Gasteiger partial charge in [0.1, 0.15) is 0 Å². The van der Waals surface area contributed by atoms with Crippen LogP contribution in [0.3, 0.4) is 0 Å². The summed E-state index contributed by atoms with van der Waals surface area (Å²) in [5.41, 5.74) is 2.72. The van der Waals surface area contributed by atoms with E-state index in [4.69, 9.17) is 4.74 Å². The summed E-state index contributed by atoms with van der Waals surface area (Å²) in [4.78, 5) is 19.2. The smallest absolute Gasteiger partial charge is 0.257 e. The van der Waals surface area contributed by atoms with Crippen LogP contribution in [0.2, 0.25) is 0 Å². The predicted octanol–water partition coefficient (Wildman–Crippen LogP) is 3.99. The molecule has 5 nitrogen and oxygen atoms in total. The minimum atomic E-state index is -0.133. The van der Waals surface area contributed by atoms with E-state index in [-0.39, 0.29) is 5.91 Å². The maximum Gasteiger partial charge on any atom is 0.257 e. The van der Waals surface area contributed by atoms with Crippen molar-refractivity contribution in [2.45, 2.75) is 0 Å². The number of nitrogens with one attached hydrogen (secondary N) is 1. The Morgan fingerprint density at radius 2 is 2.04 bits per heavy atom. The highest BCUT2D eigenvalue weighted by Crippen LogP contribution is 2.30. The van der Waals surface area contributed by atoms with Crippen molar-refractivity contribution >= 4 is 60.9 Å². The second-order valence-corrected chi connectivity index (χ2v) is 8.01. The van der Waals surface area contributed by atoms with Crippen LogP contribution in [-0.4, -0.2) is 37.2 Å². The van der Waals surface area contributed by atoms with Crippen LogP contribution < -0.4 is 10.2 Å². The molecule has 1 aliphatic rings. The molecule has 1 saturated heterocycles. The Labute approximate surface area is 163 Å². The molecule has 0 bridgehead atoms. The second-order valence-electron chi connectivity index (χ2n) is 5.73. The van der Waals surface area contributed by atoms with Crippen molar-refractivity contribution in [1.82, 2.24) is 4.98 Å². The molecule has 1 aliphatic heterocycles. The number of fused-ring (bicyclic) bond motifs is 1. The van der Waals surface area contributed by atoms with Crippen LogP contribution in [0.15, 0.2) is 42.5 Å². The topological polar surface area (TPSA) is 54.5 Å². The molecule has 0 saturated carbocycles. The standard InChI is InChI=1S/C18H16IN3O2S/c19-13-3-1-2-12(10-13)17(23)21-18-20-15-5-4-14(11-16(15)25-18)22-6-8-24-9-7-22/h1-5,10-11H,6-9H2,(H,20,21,23). The van der Waals surface area contributed by atoms with E-state index in [9.17, 15) is 4.79 Å². The van der Waals surface area contributed by atoms with Gasteiger partial charge < -0.3 is 9.64 Å². The fraction of sp³-hybridized carbons (Fsp3) is 0.222. The molecule has 128 valence electrons. The van der Waals surface area contributed by atoms with Crippen LogP contribution >= 0.6 is 33.9 Å². The number of aromatic nitrogens is 1. The molecule has 0 unspecified atom stereocenters. The predicted molar refractivity (Wildman–Crippen MR) is 110 cm³/mol. The molecule has 3 aromatic rings. The van der Waals surface area contributed by atoms with Gasteiger partial charge in [-0.15, -0.1) is 0 Å². The molecular weight excluding hydrogens is 449 g/mol. The summed E-state index contributed by atoms with van der Waals surface area (Å²) >= 11 is 3.70. The second kappa shape index (κ2) is 7.27. The lowest BCUT2D eigenvalue weighted by Gasteiger charge is -2.28. The molecule has 1 fully saturated rings. The number of hydrogen-bond acceptors (Lipinski definition) is 5. The molecule has 1 amide bonds. The van der Waals surface area contributed by atoms with E-state index in [1.54, 1.807) is 6.07 Å². The Morgan fingerprint density at radius 3 is 2.84 bits per heavy atom. The number of benzene rings is 2. The van der Waals surface area contributed by atoms with Crippen LogP contribution in [-0.2, 0) is 4.74 Å². The molecule has 1 aromatic heterocycles. The van der Waals surface area contributed by atoms with Crippen molar-refractivity contribution in [2.75, 3.05) is 36.5 Å². The number of anilines is 2. The van der Waals surface area contributed by atoms with Gasteiger partial charge in [0, 0.05) is 27.9 Å². The van der Waals surface area contributed by atoms with Crippen molar-refractivity contribution < 1.29 is 9.53 Å². The minimum Gasteiger partial charge on any atom is -0.378 e. The zero-order valence-corrected chi connectivity index (χ0v) is 16.3. The quantitative estimate of drug-likeness (QED) is 0.595. The van der Waals surface area contributed by atoms with Gasteiger partial charge in [-0.3, -0.25) is 10.1 Å². The Morgan fingerprint density at radius 1 is 1.20 bits per heavy atom. The summed E-state index contributed by atoms with van der Waals surface area (Å²) < 4.78 is 7.51. The van der Waals surface area contributed by atoms with Crippen LogP contribution in [0.1, 0.15) is 10.4 Å². The van der Waals surface area contributed by atoms with Crippen molar-refractivity contribution in [1.29, 1.82) is 0 Å². The first-order valence-corrected chi connectivity index (χ1v) is 9.89. The molecule has 2 heterocycles. The maximum absolute atomic E-state index is 12.4. The van der Waals surface area contributed by atoms with E-state index in [1.165, 1.54) is 17.0 Å². The number of carbonyl (C=O) groups excluding carboxylic acids is 1. The lowest BCUT2D eigenvalue weighted by molar-refractivity contribution is 0.102. The Kier molecular flexibility index (Phi) is 4.87. The average Bonchev–Trinajstić information content (AvgIpc) is 3.03. The van der Waals surface area contributed by atoms with Gasteiger partial charge in [-0.1, -0.05) is 17.4 Å². The maximum atomic E-state index is 12.4. The number of nitrogens with zero attached hydrogens (tertiary/aromatic N) is 2. The molecule has 7 heteroatoms. The van der Waals surface area contributed by atoms with E-state index >= 15 is 0 Å². The normalized spacial score (nSPS) is 14.7. The zero-order chi connectivity index (χ0) is 17.2. The van der Waals surface area contributed by atoms with Gasteiger partial charge in [-0.05, 0) is 59.0 Å². The van der Waals surface area contributed by atoms with Crippen molar-refractivity contribution in [2.24, 2.45) is 0 Å². The van der Waals surface area contributed by atoms with Gasteiger partial charge >= 0.3 is 0 Å². The monoisotopic (exact) mass is 465 g/mol. The third kappa shape index (κ3) is 3.78. The van der Waals surface area contributed by atoms with Crippen LogP contribution in [0, 0.1) is 3.57 Å². The van der Waals surface area contributed by atoms with Crippen molar-refractivity contribution in [3.05, 3.63) is 51.6 Å². The molecule has 25 heavy (non-hydrogen) atoms. The lowest BCUT2D eigenvalue weighted by Crippen LogP contribution is -2.36. The summed E-state index contributed by atoms with van der Waals surface area (Å²) in [7, 11) is 0. The zero-order valence-electron chi connectivity index (χ0n) is 13.4. The third-order valence-electron chi connectivity index (χ3n) is 4.06. The van der Waals surface area contributed by atoms with Crippen LogP contribution in [0.5, 0.6) is 0 Å². The molecule has 0 atom stereocenters. The number of halogens is 1. The fourth-order valence-corrected chi connectivity index (χ4v) is 4.22. The van der Waals surface area contributed by atoms with Gasteiger partial charge in [0.05, 0.1) is 23.4 Å². The van der Waals surface area contributed by atoms with E-state index in [1.807, 2.05) is 24.3 Å². The van der Waals surface area contributed by atoms with Crippen molar-refractivity contribution in [3.8, 4) is 0 Å². The molecule has 0 radical (unpaired) electrons. The molecule has 4 rings (SSSR count). The van der Waals surface area contributed by atoms with Gasteiger partial charge in [0.25, 0.3) is 5.91 Å². The first-order chi connectivity index (χ1) is 12.2. The number of rotatable bonds is 3. The van der Waals surface area contributed by atoms with Crippen LogP contribution in [0.4, 0.5) is 10.8 Å². The molecule has 2 aromatic carbocycles. The summed E-state index contributed by atoms with van der Waals surface area (Å²) in [5.74, 6) is -0.133. The van der Waals surface area contributed by atoms with Gasteiger partial charge in [-0.25, -0.2) is 4.98 Å². The molecule has 0 spiro atoms. The number of morpholine rings is 1. The molecular formula is C18H16IN3O2S. The summed E-state index contributed by atoms with van der Waals surface area (Å²) in [5, 5.41) is 3.53. The Bertz CT molecular complexity index is 922. The number of amides is 1. The van der Waals surface area contributed by atoms with Crippen molar-refractivity contribution in [3.63, 3.8) is 0 Å². The SMILES string of the molecule is O=C(Nc1nc2ccc(N3CCOCC3)cc2s1)c1cccc(I)c1. The van der Waals surface area contributed by atoms with Gasteiger partial charge in [0.15, 0.2) is 5.13 Å². The number of ether oxygens (including phenoxy) is 1. The highest BCUT2D eigenvalue weighted by atomic mass is 127. The molecule has 1 N–H and O–H groups in total. The average molecular weight is 465 g/mol.